The third kappa shape index (κ3) is 5.10. The van der Waals surface area contributed by atoms with Gasteiger partial charge < -0.3 is 9.47 Å². The van der Waals surface area contributed by atoms with Gasteiger partial charge in [-0.3, -0.25) is 4.72 Å². The predicted octanol–water partition coefficient (Wildman–Crippen LogP) is 2.79. The number of methoxy groups -OCH3 is 1. The van der Waals surface area contributed by atoms with Crippen molar-refractivity contribution in [3.8, 4) is 11.5 Å². The van der Waals surface area contributed by atoms with Crippen LogP contribution in [0.1, 0.15) is 0 Å². The molecule has 0 spiro atoms. The van der Waals surface area contributed by atoms with E-state index in [9.17, 15) is 17.2 Å². The highest BCUT2D eigenvalue weighted by Gasteiger charge is 2.12. The second kappa shape index (κ2) is 7.28. The Bertz CT molecular complexity index is 764. The summed E-state index contributed by atoms with van der Waals surface area (Å²) in [5, 5.41) is 0. The zero-order valence-electron chi connectivity index (χ0n) is 12.3. The van der Waals surface area contributed by atoms with E-state index in [1.807, 2.05) is 0 Å². The smallest absolute Gasteiger partial charge is 0.236 e. The average Bonchev–Trinajstić information content (AvgIpc) is 2.51. The van der Waals surface area contributed by atoms with Gasteiger partial charge in [-0.05, 0) is 36.4 Å². The van der Waals surface area contributed by atoms with Crippen molar-refractivity contribution in [1.29, 1.82) is 0 Å². The zero-order valence-corrected chi connectivity index (χ0v) is 13.1. The quantitative estimate of drug-likeness (QED) is 0.840. The molecule has 0 aliphatic rings. The van der Waals surface area contributed by atoms with Gasteiger partial charge in [0.15, 0.2) is 11.6 Å². The van der Waals surface area contributed by atoms with Crippen LogP contribution < -0.4 is 14.2 Å². The number of hydrogen-bond acceptors (Lipinski definition) is 4. The van der Waals surface area contributed by atoms with E-state index in [1.54, 1.807) is 24.3 Å². The van der Waals surface area contributed by atoms with Crippen molar-refractivity contribution >= 4 is 15.7 Å². The van der Waals surface area contributed by atoms with Gasteiger partial charge in [0.1, 0.15) is 23.9 Å². The van der Waals surface area contributed by atoms with Crippen LogP contribution in [0.2, 0.25) is 0 Å². The van der Waals surface area contributed by atoms with Gasteiger partial charge in [0, 0.05) is 6.07 Å². The second-order valence-corrected chi connectivity index (χ2v) is 6.42. The molecule has 2 aromatic rings. The van der Waals surface area contributed by atoms with Crippen molar-refractivity contribution in [2.45, 2.75) is 0 Å². The Hall–Kier alpha value is -2.35. The molecule has 124 valence electrons. The van der Waals surface area contributed by atoms with E-state index in [1.165, 1.54) is 7.11 Å². The van der Waals surface area contributed by atoms with E-state index in [-0.39, 0.29) is 18.0 Å². The van der Waals surface area contributed by atoms with Gasteiger partial charge >= 0.3 is 0 Å². The van der Waals surface area contributed by atoms with E-state index < -0.39 is 21.7 Å². The molecule has 0 radical (unpaired) electrons. The largest absolute Gasteiger partial charge is 0.497 e. The van der Waals surface area contributed by atoms with Crippen LogP contribution in [0, 0.1) is 11.6 Å². The molecule has 0 fully saturated rings. The molecule has 0 bridgehead atoms. The van der Waals surface area contributed by atoms with Gasteiger partial charge in [-0.25, -0.2) is 17.2 Å². The van der Waals surface area contributed by atoms with Crippen molar-refractivity contribution in [3.63, 3.8) is 0 Å². The monoisotopic (exact) mass is 343 g/mol. The lowest BCUT2D eigenvalue weighted by atomic mass is 10.3. The van der Waals surface area contributed by atoms with Crippen LogP contribution in [-0.2, 0) is 10.0 Å². The molecule has 0 unspecified atom stereocenters. The average molecular weight is 343 g/mol. The van der Waals surface area contributed by atoms with Crippen LogP contribution in [0.4, 0.5) is 14.5 Å². The molecule has 0 aromatic heterocycles. The molecule has 0 atom stereocenters. The molecule has 1 N–H and O–H groups in total. The maximum atomic E-state index is 13.0. The number of benzene rings is 2. The van der Waals surface area contributed by atoms with Gasteiger partial charge in [0.25, 0.3) is 0 Å². The fraction of sp³-hybridized carbons (Fsp3) is 0.200. The summed E-state index contributed by atoms with van der Waals surface area (Å²) in [5.41, 5.74) is -0.0478. The van der Waals surface area contributed by atoms with Crippen molar-refractivity contribution in [3.05, 3.63) is 54.1 Å². The Morgan fingerprint density at radius 2 is 1.65 bits per heavy atom. The minimum absolute atomic E-state index is 0.0478. The Balaban J connectivity index is 1.89. The lowest BCUT2D eigenvalue weighted by molar-refractivity contribution is 0.340. The normalized spacial score (nSPS) is 11.1. The number of rotatable bonds is 7. The van der Waals surface area contributed by atoms with Crippen LogP contribution in [0.3, 0.4) is 0 Å². The topological polar surface area (TPSA) is 64.6 Å². The van der Waals surface area contributed by atoms with E-state index in [0.29, 0.717) is 11.5 Å². The van der Waals surface area contributed by atoms with Gasteiger partial charge in [-0.1, -0.05) is 0 Å². The van der Waals surface area contributed by atoms with Gasteiger partial charge in [0.2, 0.25) is 10.0 Å². The first-order chi connectivity index (χ1) is 10.9. The minimum Gasteiger partial charge on any atom is -0.497 e. The fourth-order valence-corrected chi connectivity index (χ4v) is 2.62. The number of nitrogens with one attached hydrogen (secondary N) is 1. The lowest BCUT2D eigenvalue weighted by Gasteiger charge is -2.10. The third-order valence-electron chi connectivity index (χ3n) is 2.87. The van der Waals surface area contributed by atoms with Gasteiger partial charge in [0.05, 0.1) is 12.8 Å². The summed E-state index contributed by atoms with van der Waals surface area (Å²) in [5.74, 6) is -1.35. The van der Waals surface area contributed by atoms with Gasteiger partial charge in [-0.15, -0.1) is 0 Å². The predicted molar refractivity (Wildman–Crippen MR) is 82.3 cm³/mol. The number of sulfonamides is 1. The maximum Gasteiger partial charge on any atom is 0.236 e. The van der Waals surface area contributed by atoms with Crippen LogP contribution in [-0.4, -0.2) is 27.9 Å². The van der Waals surface area contributed by atoms with Crippen molar-refractivity contribution < 1.29 is 26.7 Å². The molecule has 0 amide bonds. The molecule has 0 aliphatic heterocycles. The Kier molecular flexibility index (Phi) is 5.38. The molecule has 0 saturated carbocycles. The number of ether oxygens (including phenoxy) is 2. The van der Waals surface area contributed by atoms with E-state index in [0.717, 1.165) is 18.2 Å². The SMILES string of the molecule is COc1ccc(OCCS(=O)(=O)Nc2ccc(F)c(F)c2)cc1. The maximum absolute atomic E-state index is 13.0. The highest BCUT2D eigenvalue weighted by molar-refractivity contribution is 7.92. The molecule has 5 nitrogen and oxygen atoms in total. The summed E-state index contributed by atoms with van der Waals surface area (Å²) in [6.45, 7) is -0.0919. The standard InChI is InChI=1S/C15H15F2NO4S/c1-21-12-3-5-13(6-4-12)22-8-9-23(19,20)18-11-2-7-14(16)15(17)10-11/h2-7,10,18H,8-9H2,1H3. The molecule has 23 heavy (non-hydrogen) atoms. The summed E-state index contributed by atoms with van der Waals surface area (Å²) in [6.07, 6.45) is 0. The summed E-state index contributed by atoms with van der Waals surface area (Å²) >= 11 is 0. The van der Waals surface area contributed by atoms with Crippen LogP contribution in [0.25, 0.3) is 0 Å². The first-order valence-corrected chi connectivity index (χ1v) is 8.27. The van der Waals surface area contributed by atoms with Gasteiger partial charge in [-0.2, -0.15) is 0 Å². The third-order valence-corrected chi connectivity index (χ3v) is 4.12. The Labute approximate surface area is 132 Å². The highest BCUT2D eigenvalue weighted by atomic mass is 32.2. The fourth-order valence-electron chi connectivity index (χ4n) is 1.73. The molecular weight excluding hydrogens is 328 g/mol. The Morgan fingerprint density at radius 3 is 2.26 bits per heavy atom. The van der Waals surface area contributed by atoms with Crippen molar-refractivity contribution in [2.24, 2.45) is 0 Å². The minimum atomic E-state index is -3.74. The number of halogens is 2. The molecule has 0 saturated heterocycles. The molecule has 2 aromatic carbocycles. The first kappa shape index (κ1) is 17.0. The Morgan fingerprint density at radius 1 is 1.00 bits per heavy atom. The number of anilines is 1. The van der Waals surface area contributed by atoms with Crippen molar-refractivity contribution in [2.75, 3.05) is 24.2 Å². The molecule has 0 aliphatic carbocycles. The van der Waals surface area contributed by atoms with Crippen LogP contribution >= 0.6 is 0 Å². The van der Waals surface area contributed by atoms with Crippen LogP contribution in [0.15, 0.2) is 42.5 Å². The van der Waals surface area contributed by atoms with Crippen LogP contribution in [0.5, 0.6) is 11.5 Å². The molecule has 0 heterocycles. The lowest BCUT2D eigenvalue weighted by Crippen LogP contribution is -2.21. The highest BCUT2D eigenvalue weighted by Crippen LogP contribution is 2.17. The first-order valence-electron chi connectivity index (χ1n) is 6.62. The van der Waals surface area contributed by atoms with E-state index in [4.69, 9.17) is 9.47 Å². The summed E-state index contributed by atoms with van der Waals surface area (Å²) in [4.78, 5) is 0. The summed E-state index contributed by atoms with van der Waals surface area (Å²) in [7, 11) is -2.20. The van der Waals surface area contributed by atoms with Crippen molar-refractivity contribution in [1.82, 2.24) is 0 Å². The van der Waals surface area contributed by atoms with E-state index in [2.05, 4.69) is 4.72 Å². The number of hydrogen-bond donors (Lipinski definition) is 1. The molecule has 8 heteroatoms. The second-order valence-electron chi connectivity index (χ2n) is 4.57. The zero-order chi connectivity index (χ0) is 16.9. The summed E-state index contributed by atoms with van der Waals surface area (Å²) < 4.78 is 62.0. The van der Waals surface area contributed by atoms with E-state index >= 15 is 0 Å². The molecular formula is C15H15F2NO4S. The molecule has 2 rings (SSSR count). The summed E-state index contributed by atoms with van der Waals surface area (Å²) in [6, 6.07) is 9.42.